The highest BCUT2D eigenvalue weighted by Crippen LogP contribution is 2.43. The van der Waals surface area contributed by atoms with E-state index < -0.39 is 0 Å². The molecule has 1 heterocycles. The van der Waals surface area contributed by atoms with Gasteiger partial charge in [-0.25, -0.2) is 9.07 Å². The highest BCUT2D eigenvalue weighted by Gasteiger charge is 2.31. The lowest BCUT2D eigenvalue weighted by atomic mass is 9.78. The second-order valence-corrected chi connectivity index (χ2v) is 8.63. The van der Waals surface area contributed by atoms with Crippen LogP contribution in [0.4, 0.5) is 4.39 Å². The first-order valence-corrected chi connectivity index (χ1v) is 11.1. The molecule has 2 aromatic carbocycles. The van der Waals surface area contributed by atoms with Crippen molar-refractivity contribution in [3.63, 3.8) is 0 Å². The first kappa shape index (κ1) is 21.2. The molecule has 0 saturated heterocycles. The smallest absolute Gasteiger partial charge is 0.207 e. The maximum absolute atomic E-state index is 14.7. The molecule has 1 aromatic heterocycles. The molecule has 3 aromatic rings. The lowest BCUT2D eigenvalue weighted by molar-refractivity contribution is 0.392. The zero-order valence-electron chi connectivity index (χ0n) is 18.4. The third-order valence-corrected chi connectivity index (χ3v) is 6.58. The number of hydrogen-bond acceptors (Lipinski definition) is 2. The fraction of sp³-hybridized carbons (Fsp3) is 0.333. The standard InChI is InChI=1S/C27H29FN2O/c1-4-20-12-13-22(19(3)24(17-20)23-10-5-6-11-25(23)28)27-26(31)14-15-30(29-27)21-9-7-8-18(2)16-21/h5-11,13-16,19-20,24H,4,12,17H2,1-3H3. The summed E-state index contributed by atoms with van der Waals surface area (Å²) in [6.45, 7) is 6.32. The van der Waals surface area contributed by atoms with Gasteiger partial charge in [0, 0.05) is 12.3 Å². The summed E-state index contributed by atoms with van der Waals surface area (Å²) >= 11 is 0. The first-order chi connectivity index (χ1) is 15.0. The van der Waals surface area contributed by atoms with Gasteiger partial charge in [-0.1, -0.05) is 56.7 Å². The maximum atomic E-state index is 14.7. The van der Waals surface area contributed by atoms with Gasteiger partial charge in [0.2, 0.25) is 5.43 Å². The molecule has 31 heavy (non-hydrogen) atoms. The fourth-order valence-corrected chi connectivity index (χ4v) is 4.70. The molecular weight excluding hydrogens is 387 g/mol. The Kier molecular flexibility index (Phi) is 6.17. The minimum absolute atomic E-state index is 0.00808. The van der Waals surface area contributed by atoms with Crippen LogP contribution in [0, 0.1) is 24.6 Å². The van der Waals surface area contributed by atoms with Gasteiger partial charge >= 0.3 is 0 Å². The minimum Gasteiger partial charge on any atom is -0.287 e. The molecule has 3 unspecified atom stereocenters. The Morgan fingerprint density at radius 2 is 1.94 bits per heavy atom. The second kappa shape index (κ2) is 9.01. The quantitative estimate of drug-likeness (QED) is 0.500. The summed E-state index contributed by atoms with van der Waals surface area (Å²) in [4.78, 5) is 12.9. The van der Waals surface area contributed by atoms with Crippen molar-refractivity contribution in [2.24, 2.45) is 11.8 Å². The van der Waals surface area contributed by atoms with E-state index in [-0.39, 0.29) is 23.1 Å². The fourth-order valence-electron chi connectivity index (χ4n) is 4.70. The maximum Gasteiger partial charge on any atom is 0.207 e. The molecule has 0 amide bonds. The van der Waals surface area contributed by atoms with Crippen molar-refractivity contribution in [2.75, 3.05) is 0 Å². The molecule has 0 fully saturated rings. The van der Waals surface area contributed by atoms with Crippen molar-refractivity contribution in [3.8, 4) is 5.69 Å². The van der Waals surface area contributed by atoms with Gasteiger partial charge < -0.3 is 0 Å². The molecule has 0 radical (unpaired) electrons. The third kappa shape index (κ3) is 4.39. The van der Waals surface area contributed by atoms with Crippen LogP contribution in [-0.4, -0.2) is 9.78 Å². The first-order valence-electron chi connectivity index (χ1n) is 11.1. The number of rotatable bonds is 4. The van der Waals surface area contributed by atoms with Crippen molar-refractivity contribution in [3.05, 3.63) is 99.7 Å². The molecule has 0 N–H and O–H groups in total. The third-order valence-electron chi connectivity index (χ3n) is 6.58. The highest BCUT2D eigenvalue weighted by molar-refractivity contribution is 5.65. The molecular formula is C27H29FN2O. The molecule has 4 rings (SSSR count). The number of hydrogen-bond donors (Lipinski definition) is 0. The molecule has 0 saturated carbocycles. The molecule has 1 aliphatic carbocycles. The average molecular weight is 417 g/mol. The van der Waals surface area contributed by atoms with Crippen LogP contribution in [0.15, 0.2) is 71.7 Å². The Morgan fingerprint density at radius 3 is 2.68 bits per heavy atom. The summed E-state index contributed by atoms with van der Waals surface area (Å²) in [6, 6.07) is 16.7. The monoisotopic (exact) mass is 416 g/mol. The van der Waals surface area contributed by atoms with Crippen LogP contribution in [0.3, 0.4) is 0 Å². The van der Waals surface area contributed by atoms with Crippen LogP contribution in [-0.2, 0) is 0 Å². The van der Waals surface area contributed by atoms with Gasteiger partial charge in [0.05, 0.1) is 5.69 Å². The van der Waals surface area contributed by atoms with Crippen molar-refractivity contribution in [1.82, 2.24) is 9.78 Å². The summed E-state index contributed by atoms with van der Waals surface area (Å²) in [7, 11) is 0. The van der Waals surface area contributed by atoms with Crippen molar-refractivity contribution >= 4 is 5.57 Å². The minimum atomic E-state index is -0.173. The number of aryl methyl sites for hydroxylation is 1. The van der Waals surface area contributed by atoms with Gasteiger partial charge in [0.1, 0.15) is 11.5 Å². The van der Waals surface area contributed by atoms with Crippen molar-refractivity contribution in [1.29, 1.82) is 0 Å². The predicted octanol–water partition coefficient (Wildman–Crippen LogP) is 6.30. The van der Waals surface area contributed by atoms with Crippen LogP contribution in [0.25, 0.3) is 11.3 Å². The lowest BCUT2D eigenvalue weighted by Gasteiger charge is -2.27. The molecule has 3 nitrogen and oxygen atoms in total. The predicted molar refractivity (Wildman–Crippen MR) is 124 cm³/mol. The summed E-state index contributed by atoms with van der Waals surface area (Å²) in [5.74, 6) is 0.275. The van der Waals surface area contributed by atoms with Crippen LogP contribution < -0.4 is 5.43 Å². The number of halogens is 1. The van der Waals surface area contributed by atoms with E-state index >= 15 is 0 Å². The van der Waals surface area contributed by atoms with Crippen molar-refractivity contribution < 1.29 is 4.39 Å². The Bertz CT molecular complexity index is 1160. The average Bonchev–Trinajstić information content (AvgIpc) is 2.93. The lowest BCUT2D eigenvalue weighted by Crippen LogP contribution is -2.21. The van der Waals surface area contributed by atoms with E-state index in [4.69, 9.17) is 5.10 Å². The summed E-state index contributed by atoms with van der Waals surface area (Å²) in [6.07, 6.45) is 6.69. The molecule has 0 bridgehead atoms. The van der Waals surface area contributed by atoms with Gasteiger partial charge in [-0.15, -0.1) is 0 Å². The molecule has 4 heteroatoms. The molecule has 160 valence electrons. The van der Waals surface area contributed by atoms with Crippen LogP contribution in [0.2, 0.25) is 0 Å². The van der Waals surface area contributed by atoms with Crippen LogP contribution >= 0.6 is 0 Å². The van der Waals surface area contributed by atoms with Gasteiger partial charge in [-0.05, 0) is 72.4 Å². The largest absolute Gasteiger partial charge is 0.287 e. The molecule has 0 spiro atoms. The summed E-state index contributed by atoms with van der Waals surface area (Å²) < 4.78 is 16.5. The van der Waals surface area contributed by atoms with E-state index in [2.05, 4.69) is 19.9 Å². The zero-order valence-corrected chi connectivity index (χ0v) is 18.4. The van der Waals surface area contributed by atoms with E-state index in [0.29, 0.717) is 11.6 Å². The zero-order chi connectivity index (χ0) is 22.0. The normalized spacial score (nSPS) is 21.4. The van der Waals surface area contributed by atoms with Crippen LogP contribution in [0.1, 0.15) is 55.8 Å². The SMILES string of the molecule is CCC1CC=C(c2nn(-c3cccc(C)c3)ccc2=O)C(C)C(c2ccccc2F)C1. The van der Waals surface area contributed by atoms with Gasteiger partial charge in [-0.2, -0.15) is 5.10 Å². The Balaban J connectivity index is 1.80. The number of allylic oxidation sites excluding steroid dienone is 2. The van der Waals surface area contributed by atoms with Gasteiger partial charge in [-0.3, -0.25) is 4.79 Å². The number of benzene rings is 2. The van der Waals surface area contributed by atoms with E-state index in [1.807, 2.05) is 43.3 Å². The topological polar surface area (TPSA) is 34.9 Å². The number of nitrogens with zero attached hydrogens (tertiary/aromatic N) is 2. The summed E-state index contributed by atoms with van der Waals surface area (Å²) in [5, 5.41) is 4.74. The molecule has 3 atom stereocenters. The van der Waals surface area contributed by atoms with E-state index in [0.717, 1.165) is 41.6 Å². The number of aromatic nitrogens is 2. The summed E-state index contributed by atoms with van der Waals surface area (Å²) in [5.41, 5.74) is 4.08. The Morgan fingerprint density at radius 1 is 1.13 bits per heavy atom. The van der Waals surface area contributed by atoms with Gasteiger partial charge in [0.25, 0.3) is 0 Å². The molecule has 0 aliphatic heterocycles. The van der Waals surface area contributed by atoms with Crippen LogP contribution in [0.5, 0.6) is 0 Å². The van der Waals surface area contributed by atoms with E-state index in [1.54, 1.807) is 23.0 Å². The Labute approximate surface area is 183 Å². The molecule has 1 aliphatic rings. The Hall–Kier alpha value is -3.01. The van der Waals surface area contributed by atoms with E-state index in [9.17, 15) is 9.18 Å². The highest BCUT2D eigenvalue weighted by atomic mass is 19.1. The second-order valence-electron chi connectivity index (χ2n) is 8.63. The van der Waals surface area contributed by atoms with Crippen molar-refractivity contribution in [2.45, 2.75) is 46.0 Å². The van der Waals surface area contributed by atoms with E-state index in [1.165, 1.54) is 6.07 Å². The van der Waals surface area contributed by atoms with Gasteiger partial charge in [0.15, 0.2) is 0 Å².